The summed E-state index contributed by atoms with van der Waals surface area (Å²) in [5.74, 6) is -12.2. The number of thioether (sulfide) groups is 1. The molecule has 11 atom stereocenters. The molecule has 0 saturated carbocycles. The van der Waals surface area contributed by atoms with Gasteiger partial charge in [0, 0.05) is 72.5 Å². The van der Waals surface area contributed by atoms with Gasteiger partial charge in [0.15, 0.2) is 0 Å². The number of piperidine rings is 1. The number of aromatic nitrogens is 1. The lowest BCUT2D eigenvalue weighted by Gasteiger charge is -2.32. The number of H-pyrrole nitrogens is 1. The molecule has 33 nitrogen and oxygen atoms in total. The second-order valence-electron chi connectivity index (χ2n) is 23.8. The van der Waals surface area contributed by atoms with Gasteiger partial charge in [-0.15, -0.1) is 0 Å². The number of fused-ring (bicyclic) bond motifs is 5. The molecule has 1 unspecified atom stereocenters. The van der Waals surface area contributed by atoms with E-state index >= 15 is 4.21 Å². The van der Waals surface area contributed by atoms with Gasteiger partial charge in [0.1, 0.15) is 47.0 Å². The van der Waals surface area contributed by atoms with E-state index in [-0.39, 0.29) is 85.3 Å². The Kier molecular flexibility index (Phi) is 28.9. The van der Waals surface area contributed by atoms with E-state index in [1.807, 2.05) is 0 Å². The molecule has 0 aliphatic carbocycles. The van der Waals surface area contributed by atoms with E-state index in [0.29, 0.717) is 74.4 Å². The summed E-state index contributed by atoms with van der Waals surface area (Å²) in [4.78, 5) is 171. The monoisotopic (exact) mass is 1390 g/mol. The highest BCUT2D eigenvalue weighted by atomic mass is 32.2. The standard InChI is InChI=1S/C61H88N12O21S2/c1-5-33(2)52-58(86)64-27-47(78)65-42-32-96(89)60-38(25-40(55(83)63-28-48(79)68-52)66-59(87)53(34(3)44(76)30-74)69-57(85)43-24-35(75)29-73(43)61(88)41(26-46(62)77)67-56(42)84)37-6-7-45(90-4)39(54(37)70-60)31-95-36-10-13-71(14-11-36)49(80)12-16-91-18-20-93-22-23-94-21-19-92-17-15-72-50(81)8-9-51(72)82/h6-9,33-36,40-44,52-53,70,74-76H,5,10-32H2,1-4H3,(H2,62,77)(H,63,83)(H,64,86)(H,65,78)(H,66,87)(H,67,84)(H,68,79)(H,69,85)/t33-,34-,35+,40-,41-,42-,43-,44-,52-,53-,96?/m0/s1. The molecule has 6 heterocycles. The molecular formula is C61H88N12O21S2. The zero-order valence-electron chi connectivity index (χ0n) is 54.1. The molecule has 12 amide bonds. The van der Waals surface area contributed by atoms with Crippen molar-refractivity contribution >= 4 is 104 Å². The lowest BCUT2D eigenvalue weighted by molar-refractivity contribution is -0.144. The van der Waals surface area contributed by atoms with E-state index in [1.54, 1.807) is 42.6 Å². The zero-order valence-corrected chi connectivity index (χ0v) is 55.7. The number of aliphatic hydroxyl groups excluding tert-OH is 3. The first kappa shape index (κ1) is 75.7. The van der Waals surface area contributed by atoms with Crippen LogP contribution in [0.25, 0.3) is 10.9 Å². The third-order valence-electron chi connectivity index (χ3n) is 17.2. The van der Waals surface area contributed by atoms with Crippen LogP contribution in [0, 0.1) is 11.8 Å². The highest BCUT2D eigenvalue weighted by Gasteiger charge is 2.45. The van der Waals surface area contributed by atoms with E-state index in [4.69, 9.17) is 29.4 Å². The van der Waals surface area contributed by atoms with Gasteiger partial charge in [-0.25, -0.2) is 0 Å². The normalized spacial score (nSPS) is 24.8. The molecule has 1 aromatic carbocycles. The van der Waals surface area contributed by atoms with Crippen LogP contribution in [-0.2, 0) is 99.5 Å². The van der Waals surface area contributed by atoms with Crippen molar-refractivity contribution in [1.82, 2.24) is 56.9 Å². The number of ether oxygens (including phenoxy) is 5. The van der Waals surface area contributed by atoms with Crippen LogP contribution in [0.5, 0.6) is 5.75 Å². The number of amides is 12. The second-order valence-corrected chi connectivity index (χ2v) is 26.6. The van der Waals surface area contributed by atoms with Gasteiger partial charge in [0.25, 0.3) is 11.8 Å². The highest BCUT2D eigenvalue weighted by molar-refractivity contribution is 7.99. The van der Waals surface area contributed by atoms with Crippen LogP contribution >= 0.6 is 11.8 Å². The first-order valence-electron chi connectivity index (χ1n) is 31.9. The second kappa shape index (κ2) is 36.6. The molecule has 0 radical (unpaired) electrons. The largest absolute Gasteiger partial charge is 0.496 e. The van der Waals surface area contributed by atoms with Crippen LogP contribution in [0.2, 0.25) is 0 Å². The molecule has 530 valence electrons. The number of methoxy groups -OCH3 is 1. The maximum atomic E-state index is 15.4. The Balaban J connectivity index is 1.12. The first-order valence-corrected chi connectivity index (χ1v) is 34.2. The number of rotatable bonds is 26. The molecule has 2 bridgehead atoms. The smallest absolute Gasteiger partial charge is 0.253 e. The fourth-order valence-corrected chi connectivity index (χ4v) is 14.1. The topological polar surface area (TPSA) is 464 Å². The minimum absolute atomic E-state index is 0.0194. The van der Waals surface area contributed by atoms with Gasteiger partial charge in [-0.05, 0) is 36.5 Å². The summed E-state index contributed by atoms with van der Waals surface area (Å²) in [6, 6.07) is -6.97. The van der Waals surface area contributed by atoms with Crippen LogP contribution in [0.1, 0.15) is 70.4 Å². The van der Waals surface area contributed by atoms with Gasteiger partial charge in [-0.3, -0.25) is 66.6 Å². The number of primary amides is 1. The van der Waals surface area contributed by atoms with Crippen LogP contribution in [0.4, 0.5) is 0 Å². The maximum absolute atomic E-state index is 15.4. The number of benzene rings is 1. The lowest BCUT2D eigenvalue weighted by atomic mass is 9.93. The number of carbonyl (C=O) groups excluding carboxylic acids is 12. The van der Waals surface area contributed by atoms with Gasteiger partial charge < -0.3 is 96.7 Å². The Bertz CT molecular complexity index is 3200. The average Bonchev–Trinajstić information content (AvgIpc) is 1.60. The molecular weight excluding hydrogens is 1300 g/mol. The van der Waals surface area contributed by atoms with Crippen molar-refractivity contribution in [2.75, 3.05) is 112 Å². The zero-order chi connectivity index (χ0) is 69.8. The molecule has 13 N–H and O–H groups in total. The van der Waals surface area contributed by atoms with Gasteiger partial charge in [0.2, 0.25) is 59.1 Å². The Morgan fingerprint density at radius 3 is 2.01 bits per heavy atom. The van der Waals surface area contributed by atoms with E-state index in [9.17, 15) is 72.9 Å². The Hall–Kier alpha value is -7.64. The molecule has 35 heteroatoms. The van der Waals surface area contributed by atoms with Crippen molar-refractivity contribution in [3.63, 3.8) is 0 Å². The Labute approximate surface area is 560 Å². The van der Waals surface area contributed by atoms with Crippen molar-refractivity contribution in [3.05, 3.63) is 35.4 Å². The molecule has 5 aliphatic rings. The maximum Gasteiger partial charge on any atom is 0.253 e. The van der Waals surface area contributed by atoms with E-state index in [1.165, 1.54) is 26.2 Å². The number of nitrogens with two attached hydrogens (primary N) is 1. The Morgan fingerprint density at radius 1 is 0.760 bits per heavy atom. The van der Waals surface area contributed by atoms with Crippen molar-refractivity contribution < 1.29 is 101 Å². The van der Waals surface area contributed by atoms with E-state index in [0.717, 1.165) is 9.80 Å². The summed E-state index contributed by atoms with van der Waals surface area (Å²) in [5, 5.41) is 49.8. The number of nitrogens with zero attached hydrogens (tertiary/aromatic N) is 3. The van der Waals surface area contributed by atoms with Gasteiger partial charge >= 0.3 is 0 Å². The third kappa shape index (κ3) is 20.7. The number of carbonyl (C=O) groups is 12. The number of likely N-dealkylation sites (tertiary alicyclic amines) is 1. The summed E-state index contributed by atoms with van der Waals surface area (Å²) in [5.41, 5.74) is 6.60. The predicted octanol–water partition coefficient (Wildman–Crippen LogP) is -5.01. The van der Waals surface area contributed by atoms with Crippen molar-refractivity contribution in [1.29, 1.82) is 0 Å². The average molecular weight is 1390 g/mol. The number of aromatic amines is 1. The van der Waals surface area contributed by atoms with Gasteiger partial charge in [0.05, 0.1) is 133 Å². The van der Waals surface area contributed by atoms with Crippen LogP contribution in [-0.4, -0.2) is 275 Å². The fraction of sp³-hybridized carbons (Fsp3) is 0.639. The summed E-state index contributed by atoms with van der Waals surface area (Å²) in [7, 11) is -1.02. The number of imide groups is 1. The summed E-state index contributed by atoms with van der Waals surface area (Å²) in [6.07, 6.45) is -0.807. The molecule has 5 aliphatic heterocycles. The summed E-state index contributed by atoms with van der Waals surface area (Å²) in [6.45, 7) is 4.82. The first-order chi connectivity index (χ1) is 45.9. The number of aliphatic hydroxyl groups is 3. The third-order valence-corrected chi connectivity index (χ3v) is 20.0. The SMILES string of the molecule is CC[C@H](C)[C@@H]1NC(=O)CNC(=O)[C@@H]2Cc3c([nH]c4c(CSC5CCN(C(=O)CCOCCOCCOCCOCCN6C(=O)C=CC6=O)CC5)c(OC)ccc34)S(=O)C[C@H](NC(=O)CNC1=O)C(=O)N[C@@H](CC(N)=O)C(=O)N1C[C@H](O)C[C@H]1C(=O)N[C@@H]([C@@H](C)[C@@H](O)CO)C(=O)N2. The molecule has 1 aromatic heterocycles. The van der Waals surface area contributed by atoms with Gasteiger partial charge in [-0.1, -0.05) is 27.2 Å². The minimum Gasteiger partial charge on any atom is -0.496 e. The highest BCUT2D eigenvalue weighted by Crippen LogP contribution is 2.38. The molecule has 7 rings (SSSR count). The predicted molar refractivity (Wildman–Crippen MR) is 342 cm³/mol. The summed E-state index contributed by atoms with van der Waals surface area (Å²) < 4.78 is 43.4. The van der Waals surface area contributed by atoms with Crippen molar-refractivity contribution in [2.45, 2.75) is 130 Å². The van der Waals surface area contributed by atoms with Crippen molar-refractivity contribution in [2.24, 2.45) is 17.6 Å². The van der Waals surface area contributed by atoms with Crippen LogP contribution < -0.4 is 47.7 Å². The van der Waals surface area contributed by atoms with Gasteiger partial charge in [-0.2, -0.15) is 11.8 Å². The van der Waals surface area contributed by atoms with Crippen LogP contribution in [0.3, 0.4) is 0 Å². The number of hydrogen-bond donors (Lipinski definition) is 12. The number of nitrogens with one attached hydrogen (secondary N) is 8. The fourth-order valence-electron chi connectivity index (χ4n) is 11.5. The molecule has 0 spiro atoms. The molecule has 2 fully saturated rings. The number of hydrogen-bond acceptors (Lipinski definition) is 22. The lowest BCUT2D eigenvalue weighted by Crippen LogP contribution is -2.62. The van der Waals surface area contributed by atoms with E-state index < -0.39 is 176 Å². The molecule has 96 heavy (non-hydrogen) atoms. The molecule has 2 saturated heterocycles. The quantitative estimate of drug-likeness (QED) is 0.0310. The summed E-state index contributed by atoms with van der Waals surface area (Å²) >= 11 is 1.55. The van der Waals surface area contributed by atoms with E-state index in [2.05, 4.69) is 42.2 Å². The van der Waals surface area contributed by atoms with Crippen LogP contribution in [0.15, 0.2) is 29.3 Å². The molecule has 2 aromatic rings. The Morgan fingerprint density at radius 2 is 1.39 bits per heavy atom. The van der Waals surface area contributed by atoms with Crippen molar-refractivity contribution in [3.8, 4) is 5.75 Å². The minimum atomic E-state index is -2.46.